The van der Waals surface area contributed by atoms with Crippen LogP contribution in [0.25, 0.3) is 5.76 Å². The van der Waals surface area contributed by atoms with Gasteiger partial charge < -0.3 is 14.3 Å². The van der Waals surface area contributed by atoms with Gasteiger partial charge in [0.05, 0.1) is 7.11 Å². The van der Waals surface area contributed by atoms with E-state index in [1.165, 1.54) is 0 Å². The number of hydrogen-bond donors (Lipinski definition) is 2. The van der Waals surface area contributed by atoms with E-state index in [0.29, 0.717) is 12.2 Å². The Bertz CT molecular complexity index is 851. The molecule has 0 aliphatic carbocycles. The van der Waals surface area contributed by atoms with Gasteiger partial charge in [0, 0.05) is 12.5 Å². The van der Waals surface area contributed by atoms with Crippen molar-refractivity contribution in [1.82, 2.24) is 20.6 Å². The molecule has 0 spiro atoms. The third-order valence-electron chi connectivity index (χ3n) is 3.28. The maximum Gasteiger partial charge on any atom is 0.239 e. The first-order valence-corrected chi connectivity index (χ1v) is 7.06. The van der Waals surface area contributed by atoms with Crippen molar-refractivity contribution in [3.05, 3.63) is 65.4 Å². The molecule has 0 unspecified atom stereocenters. The number of ether oxygens (including phenoxy) is 1. The molecule has 122 valence electrons. The second-order valence-electron chi connectivity index (χ2n) is 4.92. The van der Waals surface area contributed by atoms with Crippen molar-refractivity contribution < 1.29 is 19.1 Å². The summed E-state index contributed by atoms with van der Waals surface area (Å²) >= 11 is 0. The number of nitrogens with zero attached hydrogens (tertiary/aromatic N) is 3. The number of furan rings is 1. The van der Waals surface area contributed by atoms with Crippen molar-refractivity contribution in [2.24, 2.45) is 0 Å². The number of aliphatic hydroxyl groups is 1. The van der Waals surface area contributed by atoms with Gasteiger partial charge >= 0.3 is 0 Å². The molecule has 0 saturated carbocycles. The summed E-state index contributed by atoms with van der Waals surface area (Å²) in [5.74, 6) is 0.592. The van der Waals surface area contributed by atoms with Crippen molar-refractivity contribution in [3.8, 4) is 5.75 Å². The first-order valence-electron chi connectivity index (χ1n) is 7.06. The minimum Gasteiger partial charge on any atom is -0.504 e. The summed E-state index contributed by atoms with van der Waals surface area (Å²) in [6.45, 7) is 0. The van der Waals surface area contributed by atoms with E-state index in [0.717, 1.165) is 17.4 Å². The topological polar surface area (TPSA) is 114 Å². The molecule has 0 amide bonds. The highest BCUT2D eigenvalue weighted by Crippen LogP contribution is 2.17. The Kier molecular flexibility index (Phi) is 4.37. The van der Waals surface area contributed by atoms with Crippen LogP contribution in [-0.2, 0) is 6.42 Å². The van der Waals surface area contributed by atoms with Gasteiger partial charge in [-0.2, -0.15) is 5.21 Å². The van der Waals surface area contributed by atoms with Crippen LogP contribution in [0.4, 0.5) is 0 Å². The Balaban J connectivity index is 1.70. The molecule has 0 saturated heterocycles. The Morgan fingerprint density at radius 1 is 1.29 bits per heavy atom. The molecule has 3 rings (SSSR count). The van der Waals surface area contributed by atoms with Crippen molar-refractivity contribution in [3.63, 3.8) is 0 Å². The number of methoxy groups -OCH3 is 1. The maximum atomic E-state index is 12.1. The van der Waals surface area contributed by atoms with Crippen LogP contribution in [0.5, 0.6) is 5.75 Å². The number of carbonyl (C=O) groups excluding carboxylic acids is 1. The molecule has 8 nitrogen and oxygen atoms in total. The average molecular weight is 326 g/mol. The number of hydrogen-bond acceptors (Lipinski definition) is 7. The van der Waals surface area contributed by atoms with E-state index >= 15 is 0 Å². The van der Waals surface area contributed by atoms with Crippen LogP contribution in [0, 0.1) is 0 Å². The molecule has 2 heterocycles. The lowest BCUT2D eigenvalue weighted by Crippen LogP contribution is -1.96. The van der Waals surface area contributed by atoms with Gasteiger partial charge in [0.25, 0.3) is 0 Å². The zero-order valence-corrected chi connectivity index (χ0v) is 12.8. The third-order valence-corrected chi connectivity index (χ3v) is 3.28. The summed E-state index contributed by atoms with van der Waals surface area (Å²) < 4.78 is 10.6. The smallest absolute Gasteiger partial charge is 0.239 e. The van der Waals surface area contributed by atoms with E-state index in [9.17, 15) is 9.90 Å². The highest BCUT2D eigenvalue weighted by Gasteiger charge is 2.13. The number of aliphatic hydroxyl groups excluding tert-OH is 1. The minimum atomic E-state index is -0.488. The predicted molar refractivity (Wildman–Crippen MR) is 83.6 cm³/mol. The number of aromatic amines is 1. The molecule has 8 heteroatoms. The van der Waals surface area contributed by atoms with Gasteiger partial charge in [0.2, 0.25) is 11.6 Å². The van der Waals surface area contributed by atoms with Crippen molar-refractivity contribution in [1.29, 1.82) is 0 Å². The molecule has 3 aromatic rings. The summed E-state index contributed by atoms with van der Waals surface area (Å²) in [6, 6.07) is 10.8. The van der Waals surface area contributed by atoms with Gasteiger partial charge in [-0.15, -0.1) is 10.2 Å². The second kappa shape index (κ2) is 6.78. The molecule has 0 bridgehead atoms. The lowest BCUT2D eigenvalue weighted by atomic mass is 10.1. The van der Waals surface area contributed by atoms with Crippen molar-refractivity contribution >= 4 is 11.5 Å². The number of ketones is 1. The molecular weight excluding hydrogens is 312 g/mol. The molecule has 2 aromatic heterocycles. The van der Waals surface area contributed by atoms with Gasteiger partial charge in [-0.1, -0.05) is 12.1 Å². The standard InChI is InChI=1S/C16H14N4O4/c1-23-11-4-2-10(3-5-11)8-12-6-7-15(24-12)13(21)9-14(22)16-17-19-20-18-16/h2-7,9,22H,8H2,1H3,(H,17,18,19,20). The van der Waals surface area contributed by atoms with Crippen LogP contribution in [0.15, 0.2) is 46.9 Å². The zero-order chi connectivity index (χ0) is 16.9. The molecule has 0 fully saturated rings. The normalized spacial score (nSPS) is 11.5. The Morgan fingerprint density at radius 3 is 2.75 bits per heavy atom. The fourth-order valence-electron chi connectivity index (χ4n) is 2.08. The van der Waals surface area contributed by atoms with Gasteiger partial charge in [0.15, 0.2) is 11.5 Å². The highest BCUT2D eigenvalue weighted by atomic mass is 16.5. The number of carbonyl (C=O) groups is 1. The van der Waals surface area contributed by atoms with Crippen molar-refractivity contribution in [2.45, 2.75) is 6.42 Å². The summed E-state index contributed by atoms with van der Waals surface area (Å²) in [6.07, 6.45) is 1.53. The lowest BCUT2D eigenvalue weighted by molar-refractivity contribution is 0.101. The van der Waals surface area contributed by atoms with E-state index in [1.807, 2.05) is 24.3 Å². The highest BCUT2D eigenvalue weighted by molar-refractivity contribution is 6.05. The van der Waals surface area contributed by atoms with E-state index < -0.39 is 5.78 Å². The summed E-state index contributed by atoms with van der Waals surface area (Å²) in [5, 5.41) is 22.4. The fourth-order valence-corrected chi connectivity index (χ4v) is 2.08. The van der Waals surface area contributed by atoms with E-state index in [1.54, 1.807) is 19.2 Å². The molecule has 2 N–H and O–H groups in total. The maximum absolute atomic E-state index is 12.1. The largest absolute Gasteiger partial charge is 0.504 e. The Hall–Kier alpha value is -3.42. The summed E-state index contributed by atoms with van der Waals surface area (Å²) in [7, 11) is 1.61. The first-order chi connectivity index (χ1) is 11.7. The number of nitrogens with one attached hydrogen (secondary N) is 1. The summed E-state index contributed by atoms with van der Waals surface area (Å²) in [5.41, 5.74) is 1.02. The molecule has 1 aromatic carbocycles. The van der Waals surface area contributed by atoms with Gasteiger partial charge in [-0.05, 0) is 35.0 Å². The Labute approximate surface area is 136 Å². The monoisotopic (exact) mass is 326 g/mol. The summed E-state index contributed by atoms with van der Waals surface area (Å²) in [4.78, 5) is 12.1. The van der Waals surface area contributed by atoms with Gasteiger partial charge in [-0.3, -0.25) is 4.79 Å². The quantitative estimate of drug-likeness (QED) is 0.405. The van der Waals surface area contributed by atoms with E-state index in [2.05, 4.69) is 20.6 Å². The van der Waals surface area contributed by atoms with Gasteiger partial charge in [-0.25, -0.2) is 0 Å². The molecule has 0 radical (unpaired) electrons. The van der Waals surface area contributed by atoms with Crippen molar-refractivity contribution in [2.75, 3.05) is 7.11 Å². The molecular formula is C16H14N4O4. The molecule has 24 heavy (non-hydrogen) atoms. The van der Waals surface area contributed by atoms with Crippen LogP contribution in [-0.4, -0.2) is 38.6 Å². The SMILES string of the molecule is COc1ccc(Cc2ccc(C(=O)C=C(O)c3nn[nH]n3)o2)cc1. The predicted octanol–water partition coefficient (Wildman–Crippen LogP) is 2.17. The average Bonchev–Trinajstić information content (AvgIpc) is 3.27. The van der Waals surface area contributed by atoms with Gasteiger partial charge in [0.1, 0.15) is 11.5 Å². The second-order valence-corrected chi connectivity index (χ2v) is 4.92. The lowest BCUT2D eigenvalue weighted by Gasteiger charge is -2.01. The van der Waals surface area contributed by atoms with E-state index in [-0.39, 0.29) is 17.3 Å². The number of benzene rings is 1. The van der Waals surface area contributed by atoms with Crippen LogP contribution in [0.3, 0.4) is 0 Å². The van der Waals surface area contributed by atoms with E-state index in [4.69, 9.17) is 9.15 Å². The number of H-pyrrole nitrogens is 1. The van der Waals surface area contributed by atoms with Crippen LogP contribution >= 0.6 is 0 Å². The zero-order valence-electron chi connectivity index (χ0n) is 12.8. The number of allylic oxidation sites excluding steroid dienone is 1. The number of tetrazole rings is 1. The fraction of sp³-hybridized carbons (Fsp3) is 0.125. The van der Waals surface area contributed by atoms with Crippen LogP contribution < -0.4 is 4.74 Å². The number of rotatable bonds is 6. The third kappa shape index (κ3) is 3.49. The molecule has 0 atom stereocenters. The molecule has 0 aliphatic heterocycles. The Morgan fingerprint density at radius 2 is 2.08 bits per heavy atom. The molecule has 0 aliphatic rings. The van der Waals surface area contributed by atoms with Crippen LogP contribution in [0.1, 0.15) is 27.7 Å². The minimum absolute atomic E-state index is 0.0617. The number of aromatic nitrogens is 4. The van der Waals surface area contributed by atoms with Crippen LogP contribution in [0.2, 0.25) is 0 Å². The first kappa shape index (κ1) is 15.5.